The molecule has 0 saturated carbocycles. The summed E-state index contributed by atoms with van der Waals surface area (Å²) in [5.74, 6) is -0.277. The predicted octanol–water partition coefficient (Wildman–Crippen LogP) is 4.08. The third-order valence-corrected chi connectivity index (χ3v) is 3.71. The summed E-state index contributed by atoms with van der Waals surface area (Å²) in [5, 5.41) is 10.2. The molecule has 1 N–H and O–H groups in total. The highest BCUT2D eigenvalue weighted by Gasteiger charge is 2.11. The molecule has 0 aliphatic rings. The molecule has 0 amide bonds. The average molecular weight is 287 g/mol. The molecule has 0 fully saturated rings. The van der Waals surface area contributed by atoms with Gasteiger partial charge in [0.1, 0.15) is 5.82 Å². The fraction of sp³-hybridized carbons (Fsp3) is 0.333. The second-order valence-corrected chi connectivity index (χ2v) is 5.27. The van der Waals surface area contributed by atoms with E-state index < -0.39 is 6.10 Å². The Balaban J connectivity index is 1.96. The van der Waals surface area contributed by atoms with Crippen LogP contribution in [0.25, 0.3) is 0 Å². The summed E-state index contributed by atoms with van der Waals surface area (Å²) < 4.78 is 12.9. The van der Waals surface area contributed by atoms with Gasteiger partial charge in [-0.1, -0.05) is 29.8 Å². The van der Waals surface area contributed by atoms with Crippen molar-refractivity contribution in [1.82, 2.24) is 0 Å². The Morgan fingerprint density at radius 2 is 1.67 bits per heavy atom. The topological polar surface area (TPSA) is 23.5 Å². The van der Waals surface area contributed by atoms with E-state index in [-0.39, 0.29) is 5.82 Å². The summed E-state index contributed by atoms with van der Waals surface area (Å²) in [6.45, 7) is 5.82. The fourth-order valence-corrected chi connectivity index (χ4v) is 2.36. The average Bonchev–Trinajstić information content (AvgIpc) is 2.50. The minimum absolute atomic E-state index is 0.277. The highest BCUT2D eigenvalue weighted by Crippen LogP contribution is 2.20. The number of benzene rings is 2. The van der Waals surface area contributed by atoms with Crippen molar-refractivity contribution in [3.05, 3.63) is 65.5 Å². The lowest BCUT2D eigenvalue weighted by Gasteiger charge is -2.24. The molecular weight excluding hydrogens is 265 g/mol. The van der Waals surface area contributed by atoms with Crippen molar-refractivity contribution in [2.24, 2.45) is 0 Å². The van der Waals surface area contributed by atoms with Crippen molar-refractivity contribution in [2.45, 2.75) is 26.4 Å². The third-order valence-electron chi connectivity index (χ3n) is 3.71. The van der Waals surface area contributed by atoms with Gasteiger partial charge in [0.05, 0.1) is 6.10 Å². The van der Waals surface area contributed by atoms with Gasteiger partial charge in [-0.05, 0) is 50.1 Å². The molecule has 0 aliphatic carbocycles. The summed E-state index contributed by atoms with van der Waals surface area (Å²) in [6, 6.07) is 14.4. The van der Waals surface area contributed by atoms with Crippen LogP contribution in [0, 0.1) is 12.7 Å². The highest BCUT2D eigenvalue weighted by atomic mass is 19.1. The van der Waals surface area contributed by atoms with Crippen molar-refractivity contribution in [1.29, 1.82) is 0 Å². The zero-order valence-corrected chi connectivity index (χ0v) is 12.6. The number of nitrogens with zero attached hydrogens (tertiary/aromatic N) is 1. The Morgan fingerprint density at radius 1 is 1.05 bits per heavy atom. The smallest absolute Gasteiger partial charge is 0.123 e. The Kier molecular flexibility index (Phi) is 5.34. The monoisotopic (exact) mass is 287 g/mol. The molecule has 0 heterocycles. The van der Waals surface area contributed by atoms with Gasteiger partial charge < -0.3 is 10.0 Å². The van der Waals surface area contributed by atoms with E-state index in [9.17, 15) is 9.50 Å². The molecule has 2 aromatic rings. The van der Waals surface area contributed by atoms with Gasteiger partial charge in [-0.2, -0.15) is 0 Å². The van der Waals surface area contributed by atoms with Crippen LogP contribution in [0.1, 0.15) is 30.6 Å². The third kappa shape index (κ3) is 4.30. The van der Waals surface area contributed by atoms with Crippen LogP contribution in [0.3, 0.4) is 0 Å². The van der Waals surface area contributed by atoms with E-state index >= 15 is 0 Å². The fourth-order valence-electron chi connectivity index (χ4n) is 2.36. The predicted molar refractivity (Wildman–Crippen MR) is 85.0 cm³/mol. The molecule has 0 aliphatic heterocycles. The molecule has 2 nitrogen and oxygen atoms in total. The van der Waals surface area contributed by atoms with E-state index in [0.717, 1.165) is 24.3 Å². The lowest BCUT2D eigenvalue weighted by Crippen LogP contribution is -2.25. The second kappa shape index (κ2) is 7.23. The normalized spacial score (nSPS) is 12.2. The second-order valence-electron chi connectivity index (χ2n) is 5.27. The van der Waals surface area contributed by atoms with Crippen LogP contribution < -0.4 is 4.90 Å². The van der Waals surface area contributed by atoms with Crippen LogP contribution in [0.15, 0.2) is 48.5 Å². The Morgan fingerprint density at radius 3 is 2.24 bits per heavy atom. The van der Waals surface area contributed by atoms with Crippen LogP contribution in [0.2, 0.25) is 0 Å². The quantitative estimate of drug-likeness (QED) is 0.865. The number of aliphatic hydroxyl groups excluding tert-OH is 1. The highest BCUT2D eigenvalue weighted by molar-refractivity contribution is 5.47. The molecule has 112 valence electrons. The van der Waals surface area contributed by atoms with E-state index in [0.29, 0.717) is 6.42 Å². The van der Waals surface area contributed by atoms with E-state index in [1.54, 1.807) is 12.1 Å². The zero-order chi connectivity index (χ0) is 15.2. The molecule has 0 bridgehead atoms. The van der Waals surface area contributed by atoms with Gasteiger partial charge >= 0.3 is 0 Å². The standard InChI is InChI=1S/C18H22FNO/c1-3-20(17-10-4-14(2)5-11-17)13-12-18(21)15-6-8-16(19)9-7-15/h4-11,18,21H,3,12-13H2,1-2H3. The summed E-state index contributed by atoms with van der Waals surface area (Å²) in [6.07, 6.45) is 0.0537. The Hall–Kier alpha value is -1.87. The van der Waals surface area contributed by atoms with Gasteiger partial charge in [-0.25, -0.2) is 4.39 Å². The maximum Gasteiger partial charge on any atom is 0.123 e. The molecule has 0 spiro atoms. The van der Waals surface area contributed by atoms with Crippen LogP contribution in [0.4, 0.5) is 10.1 Å². The number of anilines is 1. The van der Waals surface area contributed by atoms with E-state index in [4.69, 9.17) is 0 Å². The molecule has 21 heavy (non-hydrogen) atoms. The van der Waals surface area contributed by atoms with E-state index in [1.165, 1.54) is 17.7 Å². The van der Waals surface area contributed by atoms with Crippen molar-refractivity contribution in [3.8, 4) is 0 Å². The Bertz CT molecular complexity index is 550. The van der Waals surface area contributed by atoms with Crippen LogP contribution >= 0.6 is 0 Å². The molecule has 1 unspecified atom stereocenters. The first kappa shape index (κ1) is 15.5. The minimum atomic E-state index is -0.565. The van der Waals surface area contributed by atoms with Crippen LogP contribution in [0.5, 0.6) is 0 Å². The molecule has 0 saturated heterocycles. The summed E-state index contributed by atoms with van der Waals surface area (Å²) >= 11 is 0. The molecular formula is C18H22FNO. The first-order chi connectivity index (χ1) is 10.1. The van der Waals surface area contributed by atoms with E-state index in [2.05, 4.69) is 43.0 Å². The molecule has 1 atom stereocenters. The number of hydrogen-bond acceptors (Lipinski definition) is 2. The number of aliphatic hydroxyl groups is 1. The summed E-state index contributed by atoms with van der Waals surface area (Å²) in [5.41, 5.74) is 3.16. The SMILES string of the molecule is CCN(CCC(O)c1ccc(F)cc1)c1ccc(C)cc1. The summed E-state index contributed by atoms with van der Waals surface area (Å²) in [7, 11) is 0. The molecule has 0 aromatic heterocycles. The maximum atomic E-state index is 12.9. The summed E-state index contributed by atoms with van der Waals surface area (Å²) in [4.78, 5) is 2.23. The minimum Gasteiger partial charge on any atom is -0.388 e. The molecule has 0 radical (unpaired) electrons. The molecule has 2 aromatic carbocycles. The largest absolute Gasteiger partial charge is 0.388 e. The van der Waals surface area contributed by atoms with Gasteiger partial charge in [0.2, 0.25) is 0 Å². The van der Waals surface area contributed by atoms with E-state index in [1.807, 2.05) is 0 Å². The number of aryl methyl sites for hydroxylation is 1. The molecule has 2 rings (SSSR count). The van der Waals surface area contributed by atoms with Crippen LogP contribution in [-0.4, -0.2) is 18.2 Å². The van der Waals surface area contributed by atoms with Gasteiger partial charge in [0, 0.05) is 18.8 Å². The lowest BCUT2D eigenvalue weighted by molar-refractivity contribution is 0.169. The Labute approximate surface area is 125 Å². The zero-order valence-electron chi connectivity index (χ0n) is 12.6. The van der Waals surface area contributed by atoms with Crippen LogP contribution in [-0.2, 0) is 0 Å². The van der Waals surface area contributed by atoms with Crippen molar-refractivity contribution in [2.75, 3.05) is 18.0 Å². The number of hydrogen-bond donors (Lipinski definition) is 1. The van der Waals surface area contributed by atoms with Gasteiger partial charge in [0.15, 0.2) is 0 Å². The van der Waals surface area contributed by atoms with Gasteiger partial charge in [-0.15, -0.1) is 0 Å². The molecule has 3 heteroatoms. The first-order valence-electron chi connectivity index (χ1n) is 7.35. The number of halogens is 1. The van der Waals surface area contributed by atoms with Crippen molar-refractivity contribution < 1.29 is 9.50 Å². The number of rotatable bonds is 6. The first-order valence-corrected chi connectivity index (χ1v) is 7.35. The van der Waals surface area contributed by atoms with Gasteiger partial charge in [-0.3, -0.25) is 0 Å². The lowest BCUT2D eigenvalue weighted by atomic mass is 10.1. The van der Waals surface area contributed by atoms with Crippen molar-refractivity contribution in [3.63, 3.8) is 0 Å². The van der Waals surface area contributed by atoms with Crippen molar-refractivity contribution >= 4 is 5.69 Å². The van der Waals surface area contributed by atoms with Gasteiger partial charge in [0.25, 0.3) is 0 Å². The maximum absolute atomic E-state index is 12.9.